The number of nitrogens with zero attached hydrogens (tertiary/aromatic N) is 6. The van der Waals surface area contributed by atoms with Crippen molar-refractivity contribution in [1.82, 2.24) is 20.3 Å². The average Bonchev–Trinajstić information content (AvgIpc) is 3.65. The van der Waals surface area contributed by atoms with Crippen LogP contribution in [0, 0.1) is 0 Å². The number of piperazine rings is 1. The number of hydrogen-bond acceptors (Lipinski definition) is 8. The fourth-order valence-electron chi connectivity index (χ4n) is 4.50. The van der Waals surface area contributed by atoms with Gasteiger partial charge in [0.15, 0.2) is 4.84 Å². The van der Waals surface area contributed by atoms with Gasteiger partial charge in [0.25, 0.3) is 5.89 Å². The lowest BCUT2D eigenvalue weighted by atomic mass is 10.00. The molecular weight excluding hydrogens is 547 g/mol. The highest BCUT2D eigenvalue weighted by Gasteiger charge is 2.26. The first kappa shape index (κ1) is 24.7. The average molecular weight is 568 g/mol. The van der Waals surface area contributed by atoms with Gasteiger partial charge in [-0.1, -0.05) is 81.5 Å². The van der Waals surface area contributed by atoms with Crippen LogP contribution in [-0.4, -0.2) is 45.4 Å². The van der Waals surface area contributed by atoms with E-state index in [1.165, 1.54) is 0 Å². The highest BCUT2D eigenvalue weighted by Crippen LogP contribution is 2.35. The molecule has 0 radical (unpaired) electrons. The number of halogens is 3. The van der Waals surface area contributed by atoms with E-state index in [4.69, 9.17) is 43.8 Å². The zero-order valence-electron chi connectivity index (χ0n) is 19.9. The van der Waals surface area contributed by atoms with Gasteiger partial charge in [0.05, 0.1) is 6.54 Å². The molecule has 1 aliphatic rings. The smallest absolute Gasteiger partial charge is 0.260 e. The van der Waals surface area contributed by atoms with Gasteiger partial charge in [0, 0.05) is 41.7 Å². The van der Waals surface area contributed by atoms with Gasteiger partial charge in [-0.3, -0.25) is 0 Å². The molecule has 5 aromatic rings. The van der Waals surface area contributed by atoms with Gasteiger partial charge in [0.2, 0.25) is 5.82 Å². The molecule has 1 atom stereocenters. The molecule has 0 aliphatic carbocycles. The Hall–Kier alpha value is -3.59. The predicted molar refractivity (Wildman–Crippen MR) is 149 cm³/mol. The van der Waals surface area contributed by atoms with Crippen molar-refractivity contribution in [3.05, 3.63) is 85.1 Å². The molecule has 2 aromatic carbocycles. The number of anilines is 2. The summed E-state index contributed by atoms with van der Waals surface area (Å²) in [5.41, 5.74) is 5.09. The Kier molecular flexibility index (Phi) is 6.93. The van der Waals surface area contributed by atoms with E-state index in [1.54, 1.807) is 12.5 Å². The molecule has 0 N–H and O–H groups in total. The first-order valence-electron chi connectivity index (χ1n) is 11.9. The maximum absolute atomic E-state index is 6.73. The summed E-state index contributed by atoms with van der Waals surface area (Å²) in [6.45, 7) is 2.32. The second-order valence-corrected chi connectivity index (χ2v) is 10.3. The zero-order valence-corrected chi connectivity index (χ0v) is 22.2. The molecule has 0 amide bonds. The van der Waals surface area contributed by atoms with Crippen LogP contribution in [0.15, 0.2) is 88.2 Å². The summed E-state index contributed by atoms with van der Waals surface area (Å²) in [5, 5.41) is 8.24. The molecule has 3 aromatic heterocycles. The third-order valence-corrected chi connectivity index (χ3v) is 7.15. The van der Waals surface area contributed by atoms with E-state index in [0.29, 0.717) is 18.1 Å². The second kappa shape index (κ2) is 10.6. The standard InChI is InChI=1S/C27H21Cl3N6O2/c28-22-15-35(12-13-36(22)23-6-1-2-11-31-23)20-9-7-17(8-10-20)21-16-37-33-24(21)18-4-3-5-19(14-18)26-32-27(25(29)30)38-34-26/h1-11,14,16,22,25H,12-13,15H2. The van der Waals surface area contributed by atoms with E-state index in [2.05, 4.69) is 54.3 Å². The van der Waals surface area contributed by atoms with Crippen LogP contribution >= 0.6 is 34.8 Å². The van der Waals surface area contributed by atoms with E-state index >= 15 is 0 Å². The lowest BCUT2D eigenvalue weighted by Crippen LogP contribution is -2.51. The van der Waals surface area contributed by atoms with E-state index in [0.717, 1.165) is 46.8 Å². The van der Waals surface area contributed by atoms with Gasteiger partial charge in [-0.25, -0.2) is 4.98 Å². The van der Waals surface area contributed by atoms with Crippen molar-refractivity contribution in [2.75, 3.05) is 29.4 Å². The highest BCUT2D eigenvalue weighted by atomic mass is 35.5. The number of hydrogen-bond donors (Lipinski definition) is 0. The Bertz CT molecular complexity index is 1520. The molecule has 38 heavy (non-hydrogen) atoms. The first-order valence-corrected chi connectivity index (χ1v) is 13.2. The Morgan fingerprint density at radius 2 is 1.74 bits per heavy atom. The van der Waals surface area contributed by atoms with Crippen LogP contribution < -0.4 is 9.80 Å². The van der Waals surface area contributed by atoms with Crippen molar-refractivity contribution in [1.29, 1.82) is 0 Å². The van der Waals surface area contributed by atoms with Gasteiger partial charge in [-0.05, 0) is 35.9 Å². The largest absolute Gasteiger partial charge is 0.366 e. The molecule has 0 spiro atoms. The number of aromatic nitrogens is 4. The molecule has 4 heterocycles. The Labute approximate surface area is 233 Å². The van der Waals surface area contributed by atoms with Crippen LogP contribution in [0.5, 0.6) is 0 Å². The van der Waals surface area contributed by atoms with E-state index in [1.807, 2.05) is 42.5 Å². The summed E-state index contributed by atoms with van der Waals surface area (Å²) >= 11 is 18.4. The second-order valence-electron chi connectivity index (χ2n) is 8.72. The summed E-state index contributed by atoms with van der Waals surface area (Å²) in [7, 11) is 0. The number of rotatable bonds is 6. The third-order valence-electron chi connectivity index (χ3n) is 6.40. The highest BCUT2D eigenvalue weighted by molar-refractivity contribution is 6.43. The van der Waals surface area contributed by atoms with E-state index in [9.17, 15) is 0 Å². The lowest BCUT2D eigenvalue weighted by Gasteiger charge is -2.40. The Morgan fingerprint density at radius 3 is 2.47 bits per heavy atom. The van der Waals surface area contributed by atoms with Gasteiger partial charge < -0.3 is 18.8 Å². The molecule has 6 rings (SSSR count). The SMILES string of the molecule is ClC(Cl)c1nc(-c2cccc(-c3nocc3-c3ccc(N4CCN(c5ccccn5)C(Cl)C4)cc3)c2)no1. The van der Waals surface area contributed by atoms with Gasteiger partial charge >= 0.3 is 0 Å². The maximum Gasteiger partial charge on any atom is 0.260 e. The minimum absolute atomic E-state index is 0.148. The van der Waals surface area contributed by atoms with Crippen LogP contribution in [0.3, 0.4) is 0 Å². The summed E-state index contributed by atoms with van der Waals surface area (Å²) in [6.07, 6.45) is 3.44. The summed E-state index contributed by atoms with van der Waals surface area (Å²) < 4.78 is 10.5. The van der Waals surface area contributed by atoms with Crippen LogP contribution in [0.2, 0.25) is 0 Å². The van der Waals surface area contributed by atoms with Crippen molar-refractivity contribution < 1.29 is 9.05 Å². The van der Waals surface area contributed by atoms with Crippen LogP contribution in [0.4, 0.5) is 11.5 Å². The monoisotopic (exact) mass is 566 g/mol. The predicted octanol–water partition coefficient (Wildman–Crippen LogP) is 6.82. The van der Waals surface area contributed by atoms with E-state index < -0.39 is 4.84 Å². The van der Waals surface area contributed by atoms with Crippen molar-refractivity contribution in [3.8, 4) is 33.8 Å². The molecule has 1 fully saturated rings. The molecule has 1 aliphatic heterocycles. The quantitative estimate of drug-likeness (QED) is 0.163. The number of alkyl halides is 3. The minimum Gasteiger partial charge on any atom is -0.366 e. The fraction of sp³-hybridized carbons (Fsp3) is 0.185. The van der Waals surface area contributed by atoms with Gasteiger partial charge in [-0.2, -0.15) is 4.98 Å². The van der Waals surface area contributed by atoms with E-state index in [-0.39, 0.29) is 11.4 Å². The third kappa shape index (κ3) is 4.95. The summed E-state index contributed by atoms with van der Waals surface area (Å²) in [5.74, 6) is 1.44. The molecule has 1 saturated heterocycles. The molecular formula is C27H21Cl3N6O2. The van der Waals surface area contributed by atoms with Gasteiger partial charge in [0.1, 0.15) is 23.3 Å². The summed E-state index contributed by atoms with van der Waals surface area (Å²) in [4.78, 5) is 12.2. The molecule has 11 heteroatoms. The van der Waals surface area contributed by atoms with Crippen molar-refractivity contribution >= 4 is 46.3 Å². The maximum atomic E-state index is 6.73. The zero-order chi connectivity index (χ0) is 26.1. The van der Waals surface area contributed by atoms with Crippen molar-refractivity contribution in [3.63, 3.8) is 0 Å². The molecule has 0 bridgehead atoms. The number of benzene rings is 2. The van der Waals surface area contributed by atoms with Crippen LogP contribution in [0.1, 0.15) is 10.7 Å². The van der Waals surface area contributed by atoms with Crippen LogP contribution in [-0.2, 0) is 0 Å². The topological polar surface area (TPSA) is 84.3 Å². The first-order chi connectivity index (χ1) is 18.6. The molecule has 192 valence electrons. The van der Waals surface area contributed by atoms with Crippen LogP contribution in [0.25, 0.3) is 33.8 Å². The minimum atomic E-state index is -0.885. The number of pyridine rings is 1. The molecule has 1 unspecified atom stereocenters. The van der Waals surface area contributed by atoms with Gasteiger partial charge in [-0.15, -0.1) is 0 Å². The Balaban J connectivity index is 1.20. The molecule has 0 saturated carbocycles. The molecule has 8 nitrogen and oxygen atoms in total. The lowest BCUT2D eigenvalue weighted by molar-refractivity contribution is 0.389. The van der Waals surface area contributed by atoms with Crippen molar-refractivity contribution in [2.24, 2.45) is 0 Å². The normalized spacial score (nSPS) is 15.8. The summed E-state index contributed by atoms with van der Waals surface area (Å²) in [6, 6.07) is 21.8. The van der Waals surface area contributed by atoms with Crippen molar-refractivity contribution in [2.45, 2.75) is 10.3 Å². The Morgan fingerprint density at radius 1 is 0.895 bits per heavy atom. The fourth-order valence-corrected chi connectivity index (χ4v) is 5.05.